The Balaban J connectivity index is 1.71. The number of hydrogen-bond donors (Lipinski definition) is 1. The molecule has 0 radical (unpaired) electrons. The van der Waals surface area contributed by atoms with E-state index < -0.39 is 0 Å². The second kappa shape index (κ2) is 6.05. The van der Waals surface area contributed by atoms with E-state index in [1.807, 2.05) is 18.3 Å². The van der Waals surface area contributed by atoms with Gasteiger partial charge in [-0.3, -0.25) is 0 Å². The quantitative estimate of drug-likeness (QED) is 0.338. The van der Waals surface area contributed by atoms with Gasteiger partial charge in [0.15, 0.2) is 0 Å². The van der Waals surface area contributed by atoms with Gasteiger partial charge >= 0.3 is 0 Å². The Morgan fingerprint density at radius 2 is 1.69 bits per heavy atom. The van der Waals surface area contributed by atoms with E-state index in [1.54, 1.807) is 0 Å². The molecule has 0 bridgehead atoms. The fourth-order valence-electron chi connectivity index (χ4n) is 3.55. The first-order chi connectivity index (χ1) is 12.8. The molecule has 124 valence electrons. The van der Waals surface area contributed by atoms with E-state index in [9.17, 15) is 0 Å². The summed E-state index contributed by atoms with van der Waals surface area (Å²) in [5.41, 5.74) is 4.90. The van der Waals surface area contributed by atoms with Gasteiger partial charge in [0.1, 0.15) is 0 Å². The van der Waals surface area contributed by atoms with Crippen molar-refractivity contribution < 1.29 is 0 Å². The third-order valence-corrected chi connectivity index (χ3v) is 5.96. The van der Waals surface area contributed by atoms with Crippen LogP contribution in [0.15, 0.2) is 66.7 Å². The van der Waals surface area contributed by atoms with Gasteiger partial charge < -0.3 is 4.98 Å². The maximum absolute atomic E-state index is 3.53. The molecule has 2 heterocycles. The summed E-state index contributed by atoms with van der Waals surface area (Å²) in [7, 11) is 0. The van der Waals surface area contributed by atoms with E-state index in [0.717, 1.165) is 6.42 Å². The lowest BCUT2D eigenvalue weighted by molar-refractivity contribution is 1.20. The van der Waals surface area contributed by atoms with Crippen molar-refractivity contribution in [3.8, 4) is 23.0 Å². The van der Waals surface area contributed by atoms with E-state index in [2.05, 4.69) is 83.6 Å². The largest absolute Gasteiger partial charge is 0.358 e. The van der Waals surface area contributed by atoms with Crippen molar-refractivity contribution in [3.05, 3.63) is 72.4 Å². The molecular formula is C24H17NS. The fourth-order valence-corrected chi connectivity index (χ4v) is 4.67. The SMILES string of the molecule is CC#CCc1cc2cc3sc4ccc(-c5ccccc5)cc4c3cc2[nH]1. The minimum absolute atomic E-state index is 0.776. The average molecular weight is 351 g/mol. The van der Waals surface area contributed by atoms with Gasteiger partial charge in [-0.05, 0) is 48.4 Å². The number of aromatic nitrogens is 1. The molecule has 0 fully saturated rings. The van der Waals surface area contributed by atoms with Crippen molar-refractivity contribution >= 4 is 42.4 Å². The molecule has 1 N–H and O–H groups in total. The van der Waals surface area contributed by atoms with Crippen LogP contribution in [0, 0.1) is 11.8 Å². The van der Waals surface area contributed by atoms with Crippen LogP contribution in [-0.4, -0.2) is 4.98 Å². The first kappa shape index (κ1) is 15.3. The zero-order valence-electron chi connectivity index (χ0n) is 14.5. The predicted octanol–water partition coefficient (Wildman–Crippen LogP) is 6.77. The van der Waals surface area contributed by atoms with Crippen molar-refractivity contribution in [1.82, 2.24) is 4.98 Å². The van der Waals surface area contributed by atoms with Gasteiger partial charge in [0.2, 0.25) is 0 Å². The lowest BCUT2D eigenvalue weighted by Crippen LogP contribution is -1.78. The van der Waals surface area contributed by atoms with Crippen molar-refractivity contribution in [2.24, 2.45) is 0 Å². The highest BCUT2D eigenvalue weighted by atomic mass is 32.1. The molecule has 0 saturated heterocycles. The molecule has 5 aromatic rings. The number of H-pyrrole nitrogens is 1. The minimum atomic E-state index is 0.776. The molecule has 0 atom stereocenters. The Morgan fingerprint density at radius 3 is 2.54 bits per heavy atom. The van der Waals surface area contributed by atoms with E-state index in [1.165, 1.54) is 47.9 Å². The minimum Gasteiger partial charge on any atom is -0.358 e. The molecule has 2 aromatic heterocycles. The monoisotopic (exact) mass is 351 g/mol. The summed E-state index contributed by atoms with van der Waals surface area (Å²) in [6.45, 7) is 1.88. The summed E-state index contributed by atoms with van der Waals surface area (Å²) in [5, 5.41) is 3.92. The highest BCUT2D eigenvalue weighted by Gasteiger charge is 2.10. The third-order valence-electron chi connectivity index (χ3n) is 4.83. The average Bonchev–Trinajstić information content (AvgIpc) is 3.24. The highest BCUT2D eigenvalue weighted by Crippen LogP contribution is 2.38. The number of benzene rings is 3. The van der Waals surface area contributed by atoms with Gasteiger partial charge in [0.05, 0.1) is 0 Å². The van der Waals surface area contributed by atoms with Crippen LogP contribution in [0.25, 0.3) is 42.2 Å². The van der Waals surface area contributed by atoms with Gasteiger partial charge in [-0.1, -0.05) is 42.3 Å². The van der Waals surface area contributed by atoms with Crippen LogP contribution >= 0.6 is 11.3 Å². The highest BCUT2D eigenvalue weighted by molar-refractivity contribution is 7.25. The second-order valence-electron chi connectivity index (χ2n) is 6.51. The first-order valence-electron chi connectivity index (χ1n) is 8.75. The van der Waals surface area contributed by atoms with Crippen molar-refractivity contribution in [2.75, 3.05) is 0 Å². The van der Waals surface area contributed by atoms with Gasteiger partial charge in [0, 0.05) is 43.2 Å². The zero-order valence-corrected chi connectivity index (χ0v) is 15.3. The summed E-state index contributed by atoms with van der Waals surface area (Å²) in [6, 6.07) is 24.2. The normalized spacial score (nSPS) is 11.1. The third kappa shape index (κ3) is 2.49. The standard InChI is InChI=1S/C24H17NS/c1-2-3-9-19-12-18-14-24-21(15-22(18)25-19)20-13-17(10-11-23(20)26-24)16-7-5-4-6-8-16/h4-8,10-15,25H,9H2,1H3. The summed E-state index contributed by atoms with van der Waals surface area (Å²) < 4.78 is 2.68. The van der Waals surface area contributed by atoms with E-state index in [4.69, 9.17) is 0 Å². The number of nitrogens with one attached hydrogen (secondary N) is 1. The van der Waals surface area contributed by atoms with Crippen molar-refractivity contribution in [1.29, 1.82) is 0 Å². The predicted molar refractivity (Wildman–Crippen MR) is 114 cm³/mol. The number of thiophene rings is 1. The maximum atomic E-state index is 3.53. The van der Waals surface area contributed by atoms with Gasteiger partial charge in [-0.25, -0.2) is 0 Å². The Bertz CT molecular complexity index is 1310. The van der Waals surface area contributed by atoms with Crippen molar-refractivity contribution in [3.63, 3.8) is 0 Å². The molecule has 3 aromatic carbocycles. The first-order valence-corrected chi connectivity index (χ1v) is 9.56. The van der Waals surface area contributed by atoms with E-state index >= 15 is 0 Å². The number of hydrogen-bond acceptors (Lipinski definition) is 1. The molecule has 0 amide bonds. The Hall–Kier alpha value is -3.02. The Morgan fingerprint density at radius 1 is 0.846 bits per heavy atom. The van der Waals surface area contributed by atoms with Crippen LogP contribution in [0.5, 0.6) is 0 Å². The molecule has 0 spiro atoms. The van der Waals surface area contributed by atoms with Gasteiger partial charge in [-0.2, -0.15) is 0 Å². The molecular weight excluding hydrogens is 334 g/mol. The number of fused-ring (bicyclic) bond motifs is 4. The van der Waals surface area contributed by atoms with Crippen LogP contribution < -0.4 is 0 Å². The number of rotatable bonds is 2. The molecule has 2 heteroatoms. The van der Waals surface area contributed by atoms with Crippen LogP contribution in [0.2, 0.25) is 0 Å². The molecule has 26 heavy (non-hydrogen) atoms. The molecule has 0 unspecified atom stereocenters. The summed E-state index contributed by atoms with van der Waals surface area (Å²) in [4.78, 5) is 3.53. The van der Waals surface area contributed by atoms with Gasteiger partial charge in [0.25, 0.3) is 0 Å². The molecule has 1 nitrogen and oxygen atoms in total. The molecule has 0 saturated carbocycles. The lowest BCUT2D eigenvalue weighted by atomic mass is 10.0. The van der Waals surface area contributed by atoms with E-state index in [-0.39, 0.29) is 0 Å². The molecule has 5 rings (SSSR count). The summed E-state index contributed by atoms with van der Waals surface area (Å²) in [5.74, 6) is 6.10. The molecule has 0 aliphatic carbocycles. The summed E-state index contributed by atoms with van der Waals surface area (Å²) in [6.07, 6.45) is 0.776. The van der Waals surface area contributed by atoms with Crippen LogP contribution in [0.3, 0.4) is 0 Å². The van der Waals surface area contributed by atoms with Crippen LogP contribution in [0.1, 0.15) is 12.6 Å². The topological polar surface area (TPSA) is 15.8 Å². The smallest absolute Gasteiger partial charge is 0.0491 e. The fraction of sp³-hybridized carbons (Fsp3) is 0.0833. The Kier molecular flexibility index (Phi) is 3.55. The van der Waals surface area contributed by atoms with Crippen molar-refractivity contribution in [2.45, 2.75) is 13.3 Å². The Labute approximate surface area is 156 Å². The maximum Gasteiger partial charge on any atom is 0.0491 e. The molecule has 0 aliphatic rings. The van der Waals surface area contributed by atoms with Crippen LogP contribution in [-0.2, 0) is 6.42 Å². The second-order valence-corrected chi connectivity index (χ2v) is 7.60. The zero-order chi connectivity index (χ0) is 17.5. The van der Waals surface area contributed by atoms with Crippen LogP contribution in [0.4, 0.5) is 0 Å². The lowest BCUT2D eigenvalue weighted by Gasteiger charge is -2.02. The summed E-state index contributed by atoms with van der Waals surface area (Å²) >= 11 is 1.87. The molecule has 0 aliphatic heterocycles. The van der Waals surface area contributed by atoms with E-state index in [0.29, 0.717) is 0 Å². The number of aromatic amines is 1. The van der Waals surface area contributed by atoms with Gasteiger partial charge in [-0.15, -0.1) is 17.3 Å².